The highest BCUT2D eigenvalue weighted by Crippen LogP contribution is 2.29. The minimum atomic E-state index is -0.210. The van der Waals surface area contributed by atoms with Crippen LogP contribution in [0, 0.1) is 0 Å². The third-order valence-corrected chi connectivity index (χ3v) is 4.58. The molecule has 158 valence electrons. The highest BCUT2D eigenvalue weighted by molar-refractivity contribution is 5.94. The van der Waals surface area contributed by atoms with E-state index in [0.717, 1.165) is 5.56 Å². The highest BCUT2D eigenvalue weighted by atomic mass is 16.5. The lowest BCUT2D eigenvalue weighted by atomic mass is 10.2. The third kappa shape index (κ3) is 5.11. The maximum Gasteiger partial charge on any atom is 0.251 e. The van der Waals surface area contributed by atoms with Gasteiger partial charge in [0.05, 0.1) is 13.4 Å². The molecule has 0 radical (unpaired) electrons. The first-order valence-corrected chi connectivity index (χ1v) is 9.81. The van der Waals surface area contributed by atoms with Gasteiger partial charge in [-0.1, -0.05) is 30.3 Å². The van der Waals surface area contributed by atoms with E-state index in [9.17, 15) is 4.79 Å². The SMILES string of the molecule is COc1cc(C(=O)NCCc2nc(-c3ccco3)n[nH]2)ccc1OCc1ccccc1. The molecule has 2 heterocycles. The van der Waals surface area contributed by atoms with Gasteiger partial charge in [-0.2, -0.15) is 5.10 Å². The molecule has 8 nitrogen and oxygen atoms in total. The van der Waals surface area contributed by atoms with Crippen LogP contribution in [0.15, 0.2) is 71.3 Å². The van der Waals surface area contributed by atoms with Gasteiger partial charge in [0.1, 0.15) is 12.4 Å². The number of aromatic amines is 1. The summed E-state index contributed by atoms with van der Waals surface area (Å²) < 4.78 is 16.5. The quantitative estimate of drug-likeness (QED) is 0.430. The maximum atomic E-state index is 12.5. The van der Waals surface area contributed by atoms with Crippen LogP contribution >= 0.6 is 0 Å². The van der Waals surface area contributed by atoms with Crippen LogP contribution in [0.2, 0.25) is 0 Å². The zero-order chi connectivity index (χ0) is 21.5. The molecular formula is C23H22N4O4. The lowest BCUT2D eigenvalue weighted by molar-refractivity contribution is 0.0953. The molecule has 0 atom stereocenters. The van der Waals surface area contributed by atoms with Gasteiger partial charge in [-0.25, -0.2) is 4.98 Å². The van der Waals surface area contributed by atoms with Gasteiger partial charge in [-0.05, 0) is 35.9 Å². The van der Waals surface area contributed by atoms with E-state index in [2.05, 4.69) is 20.5 Å². The van der Waals surface area contributed by atoms with Crippen LogP contribution in [0.4, 0.5) is 0 Å². The summed E-state index contributed by atoms with van der Waals surface area (Å²) >= 11 is 0. The number of hydrogen-bond acceptors (Lipinski definition) is 6. The molecule has 0 aliphatic carbocycles. The third-order valence-electron chi connectivity index (χ3n) is 4.58. The van der Waals surface area contributed by atoms with Crippen molar-refractivity contribution in [3.05, 3.63) is 83.9 Å². The Morgan fingerprint density at radius 1 is 1.10 bits per heavy atom. The van der Waals surface area contributed by atoms with Gasteiger partial charge in [0.15, 0.2) is 17.3 Å². The van der Waals surface area contributed by atoms with Crippen molar-refractivity contribution in [1.82, 2.24) is 20.5 Å². The number of aromatic nitrogens is 3. The first-order valence-electron chi connectivity index (χ1n) is 9.81. The Hall–Kier alpha value is -4.07. The van der Waals surface area contributed by atoms with E-state index in [4.69, 9.17) is 13.9 Å². The molecule has 0 saturated heterocycles. The Morgan fingerprint density at radius 3 is 2.74 bits per heavy atom. The Kier molecular flexibility index (Phi) is 6.27. The molecule has 0 saturated carbocycles. The average Bonchev–Trinajstić information content (AvgIpc) is 3.50. The molecule has 4 rings (SSSR count). The molecule has 2 aromatic carbocycles. The molecular weight excluding hydrogens is 396 g/mol. The molecule has 0 aliphatic rings. The molecule has 0 aliphatic heterocycles. The van der Waals surface area contributed by atoms with Crippen molar-refractivity contribution in [3.8, 4) is 23.1 Å². The fourth-order valence-electron chi connectivity index (χ4n) is 2.98. The summed E-state index contributed by atoms with van der Waals surface area (Å²) in [5.41, 5.74) is 1.53. The maximum absolute atomic E-state index is 12.5. The minimum Gasteiger partial charge on any atom is -0.493 e. The second-order valence-electron chi connectivity index (χ2n) is 6.73. The first-order chi connectivity index (χ1) is 15.2. The van der Waals surface area contributed by atoms with Crippen molar-refractivity contribution in [2.45, 2.75) is 13.0 Å². The number of furan rings is 1. The summed E-state index contributed by atoms with van der Waals surface area (Å²) in [6.07, 6.45) is 2.08. The molecule has 8 heteroatoms. The Labute approximate surface area is 179 Å². The Morgan fingerprint density at radius 2 is 1.97 bits per heavy atom. The van der Waals surface area contributed by atoms with E-state index in [-0.39, 0.29) is 5.91 Å². The van der Waals surface area contributed by atoms with E-state index in [0.29, 0.717) is 54.0 Å². The molecule has 1 amide bonds. The number of nitrogens with zero attached hydrogens (tertiary/aromatic N) is 2. The molecule has 0 bridgehead atoms. The number of carbonyl (C=O) groups is 1. The smallest absolute Gasteiger partial charge is 0.251 e. The standard InChI is InChI=1S/C23H22N4O4/c1-29-20-14-17(9-10-18(20)31-15-16-6-3-2-4-7-16)23(28)24-12-11-21-25-22(27-26-21)19-8-5-13-30-19/h2-10,13-14H,11-12,15H2,1H3,(H,24,28)(H,25,26,27). The van der Waals surface area contributed by atoms with Crippen LogP contribution in [0.3, 0.4) is 0 Å². The fourth-order valence-corrected chi connectivity index (χ4v) is 2.98. The molecule has 0 spiro atoms. The zero-order valence-electron chi connectivity index (χ0n) is 17.0. The van der Waals surface area contributed by atoms with Crippen molar-refractivity contribution in [1.29, 1.82) is 0 Å². The monoisotopic (exact) mass is 418 g/mol. The second kappa shape index (κ2) is 9.62. The molecule has 0 fully saturated rings. The van der Waals surface area contributed by atoms with Crippen LogP contribution in [0.25, 0.3) is 11.6 Å². The number of hydrogen-bond donors (Lipinski definition) is 2. The predicted octanol–water partition coefficient (Wildman–Crippen LogP) is 3.62. The van der Waals surface area contributed by atoms with Crippen molar-refractivity contribution in [2.75, 3.05) is 13.7 Å². The van der Waals surface area contributed by atoms with Gasteiger partial charge >= 0.3 is 0 Å². The minimum absolute atomic E-state index is 0.210. The zero-order valence-corrected chi connectivity index (χ0v) is 17.0. The highest BCUT2D eigenvalue weighted by Gasteiger charge is 2.12. The van der Waals surface area contributed by atoms with Gasteiger partial charge in [0, 0.05) is 18.5 Å². The van der Waals surface area contributed by atoms with Crippen LogP contribution in [-0.4, -0.2) is 34.7 Å². The summed E-state index contributed by atoms with van der Waals surface area (Å²) in [5, 5.41) is 9.84. The molecule has 2 N–H and O–H groups in total. The summed E-state index contributed by atoms with van der Waals surface area (Å²) in [6, 6.07) is 18.5. The van der Waals surface area contributed by atoms with Crippen LogP contribution in [0.5, 0.6) is 11.5 Å². The first kappa shape index (κ1) is 20.2. The molecule has 2 aromatic heterocycles. The van der Waals surface area contributed by atoms with E-state index in [1.807, 2.05) is 30.3 Å². The van der Waals surface area contributed by atoms with Crippen molar-refractivity contribution < 1.29 is 18.7 Å². The summed E-state index contributed by atoms with van der Waals surface area (Å²) in [7, 11) is 1.55. The van der Waals surface area contributed by atoms with Crippen LogP contribution in [-0.2, 0) is 13.0 Å². The summed E-state index contributed by atoms with van der Waals surface area (Å²) in [5.74, 6) is 2.61. The topological polar surface area (TPSA) is 102 Å². The average molecular weight is 418 g/mol. The van der Waals surface area contributed by atoms with Crippen molar-refractivity contribution in [3.63, 3.8) is 0 Å². The number of ether oxygens (including phenoxy) is 2. The van der Waals surface area contributed by atoms with E-state index < -0.39 is 0 Å². The van der Waals surface area contributed by atoms with Gasteiger partial charge in [0.25, 0.3) is 5.91 Å². The summed E-state index contributed by atoms with van der Waals surface area (Å²) in [4.78, 5) is 16.9. The molecule has 31 heavy (non-hydrogen) atoms. The second-order valence-corrected chi connectivity index (χ2v) is 6.73. The largest absolute Gasteiger partial charge is 0.493 e. The van der Waals surface area contributed by atoms with Crippen LogP contribution in [0.1, 0.15) is 21.7 Å². The molecule has 0 unspecified atom stereocenters. The number of benzene rings is 2. The van der Waals surface area contributed by atoms with Crippen molar-refractivity contribution >= 4 is 5.91 Å². The lowest BCUT2D eigenvalue weighted by Gasteiger charge is -2.12. The number of nitrogens with one attached hydrogen (secondary N) is 2. The van der Waals surface area contributed by atoms with Gasteiger partial charge < -0.3 is 19.2 Å². The summed E-state index contributed by atoms with van der Waals surface area (Å²) in [6.45, 7) is 0.820. The van der Waals surface area contributed by atoms with Crippen LogP contribution < -0.4 is 14.8 Å². The van der Waals surface area contributed by atoms with Gasteiger partial charge in [0.2, 0.25) is 5.82 Å². The van der Waals surface area contributed by atoms with E-state index in [1.165, 1.54) is 0 Å². The predicted molar refractivity (Wildman–Crippen MR) is 114 cm³/mol. The Balaban J connectivity index is 1.32. The number of carbonyl (C=O) groups excluding carboxylic acids is 1. The number of H-pyrrole nitrogens is 1. The van der Waals surface area contributed by atoms with Gasteiger partial charge in [-0.3, -0.25) is 9.89 Å². The normalized spacial score (nSPS) is 10.6. The lowest BCUT2D eigenvalue weighted by Crippen LogP contribution is -2.26. The number of amides is 1. The number of methoxy groups -OCH3 is 1. The van der Waals surface area contributed by atoms with Gasteiger partial charge in [-0.15, -0.1) is 0 Å². The van der Waals surface area contributed by atoms with E-state index in [1.54, 1.807) is 43.7 Å². The molecule has 4 aromatic rings. The van der Waals surface area contributed by atoms with E-state index >= 15 is 0 Å². The Bertz CT molecular complexity index is 1120. The van der Waals surface area contributed by atoms with Crippen molar-refractivity contribution in [2.24, 2.45) is 0 Å². The number of rotatable bonds is 9. The fraction of sp³-hybridized carbons (Fsp3) is 0.174.